The average Bonchev–Trinajstić information content (AvgIpc) is 1.66. The lowest BCUT2D eigenvalue weighted by molar-refractivity contribution is 0.0950. The van der Waals surface area contributed by atoms with Crippen molar-refractivity contribution in [3.8, 4) is 17.2 Å². The number of rotatable bonds is 21. The maximum atomic E-state index is 13.7. The van der Waals surface area contributed by atoms with Crippen LogP contribution in [0, 0.1) is 6.92 Å². The number of carbonyl (C=O) groups excluding carboxylic acids is 3. The second kappa shape index (κ2) is 32.8. The van der Waals surface area contributed by atoms with E-state index < -0.39 is 0 Å². The van der Waals surface area contributed by atoms with E-state index in [0.29, 0.717) is 19.8 Å². The third-order valence-corrected chi connectivity index (χ3v) is 22.8. The zero-order valence-corrected chi connectivity index (χ0v) is 57.4. The van der Waals surface area contributed by atoms with Gasteiger partial charge in [0.1, 0.15) is 37.1 Å². The molecule has 5 heterocycles. The van der Waals surface area contributed by atoms with E-state index in [1.54, 1.807) is 35.3 Å². The van der Waals surface area contributed by atoms with E-state index >= 15 is 0 Å². The molecular weight excluding hydrogens is 1230 g/mol. The molecule has 0 amide bonds. The molecule has 0 bridgehead atoms. The van der Waals surface area contributed by atoms with E-state index in [4.69, 9.17) is 14.2 Å². The van der Waals surface area contributed by atoms with Crippen molar-refractivity contribution in [1.82, 2.24) is 19.6 Å². The Morgan fingerprint density at radius 1 is 0.389 bits per heavy atom. The summed E-state index contributed by atoms with van der Waals surface area (Å²) in [4.78, 5) is 53.9. The zero-order chi connectivity index (χ0) is 65.5. The summed E-state index contributed by atoms with van der Waals surface area (Å²) in [7, 11) is 6.21. The van der Waals surface area contributed by atoms with Gasteiger partial charge in [0, 0.05) is 92.9 Å². The molecule has 0 N–H and O–H groups in total. The van der Waals surface area contributed by atoms with Crippen molar-refractivity contribution in [2.45, 2.75) is 74.4 Å². The van der Waals surface area contributed by atoms with E-state index in [-0.39, 0.29) is 50.9 Å². The van der Waals surface area contributed by atoms with Crippen LogP contribution < -0.4 is 14.2 Å². The molecule has 6 atom stereocenters. The summed E-state index contributed by atoms with van der Waals surface area (Å²) in [6.07, 6.45) is 3.94. The predicted molar refractivity (Wildman–Crippen MR) is 389 cm³/mol. The van der Waals surface area contributed by atoms with Crippen LogP contribution in [0.4, 0.5) is 0 Å². The fraction of sp³-hybridized carbons (Fsp3) is 0.305. The number of piperazine rings is 1. The van der Waals surface area contributed by atoms with Gasteiger partial charge in [-0.15, -0.1) is 35.3 Å². The Morgan fingerprint density at radius 3 is 1.11 bits per heavy atom. The summed E-state index contributed by atoms with van der Waals surface area (Å²) in [5, 5.41) is 0.281. The number of carbonyl (C=O) groups is 3. The number of piperidine rings is 1. The molecule has 95 heavy (non-hydrogen) atoms. The van der Waals surface area contributed by atoms with Crippen LogP contribution in [-0.2, 0) is 0 Å². The molecule has 13 heteroatoms. The zero-order valence-electron chi connectivity index (χ0n) is 55.0. The van der Waals surface area contributed by atoms with Gasteiger partial charge in [-0.05, 0) is 178 Å². The van der Waals surface area contributed by atoms with Crippen LogP contribution in [0.25, 0.3) is 0 Å². The van der Waals surface area contributed by atoms with E-state index in [0.717, 1.165) is 96.4 Å². The van der Waals surface area contributed by atoms with Crippen molar-refractivity contribution in [1.29, 1.82) is 0 Å². The van der Waals surface area contributed by atoms with Crippen molar-refractivity contribution < 1.29 is 28.6 Å². The standard InChI is InChI=1S/C29H31NO2S.C28H30N2O2S.C25H25NO2S/c1-21-9-11-23(12-10-21)29-27(25-7-3-4-8-26(25)33-29)28(31)22-13-15-24(16-14-22)32-20-19-30-17-5-2-6-18-30;1-29-15-17-30(18-16-29)19-20-32-23-13-11-21(12-14-23)27(31)26-24-9-5-6-10-25(24)33-28(26)22-7-3-2-4-8-22;1-26(2)16-17-28-20-14-12-18(13-15-20)24(27)23-21-10-6-7-11-22(21)29-25(23)19-8-4-3-5-9-19/h3-4,7-16,27,29H,2,5-6,17-20H2,1H3;2-14,26,28H,15-20H2,1H3;3-15,23,25H,16-17H2,1-2H3. The van der Waals surface area contributed by atoms with Gasteiger partial charge >= 0.3 is 0 Å². The summed E-state index contributed by atoms with van der Waals surface area (Å²) < 4.78 is 17.7. The first-order valence-corrected chi connectivity index (χ1v) is 36.2. The van der Waals surface area contributed by atoms with E-state index in [2.05, 4.69) is 143 Å². The SMILES string of the molecule is CN(C)CCOc1ccc(C(=O)C2c3ccccc3SC2c2ccccc2)cc1.CN1CCN(CCOc2ccc(C(=O)C3c4ccccc4SC3c3ccccc3)cc2)CC1.Cc1ccc(C2Sc3ccccc3C2C(=O)c2ccc(OCCN3CCCCC3)cc2)cc1. The van der Waals surface area contributed by atoms with Gasteiger partial charge < -0.3 is 24.0 Å². The third-order valence-electron chi connectivity index (χ3n) is 18.6. The molecule has 5 aliphatic heterocycles. The highest BCUT2D eigenvalue weighted by Gasteiger charge is 2.42. The van der Waals surface area contributed by atoms with Crippen molar-refractivity contribution in [2.24, 2.45) is 0 Å². The number of benzene rings is 9. The van der Waals surface area contributed by atoms with Crippen molar-refractivity contribution in [2.75, 3.05) is 99.9 Å². The predicted octanol–water partition coefficient (Wildman–Crippen LogP) is 17.2. The van der Waals surface area contributed by atoms with E-state index in [1.165, 1.54) is 69.3 Å². The number of aryl methyl sites for hydroxylation is 1. The highest BCUT2D eigenvalue weighted by atomic mass is 32.2. The number of ether oxygens (including phenoxy) is 3. The van der Waals surface area contributed by atoms with Crippen LogP contribution >= 0.6 is 35.3 Å². The third kappa shape index (κ3) is 17.1. The number of fused-ring (bicyclic) bond motifs is 3. The summed E-state index contributed by atoms with van der Waals surface area (Å²) in [6, 6.07) is 77.2. The molecule has 2 saturated heterocycles. The fourth-order valence-electron chi connectivity index (χ4n) is 13.2. The summed E-state index contributed by atoms with van der Waals surface area (Å²) >= 11 is 5.39. The normalized spacial score (nSPS) is 19.8. The number of hydrogen-bond donors (Lipinski definition) is 0. The van der Waals surface area contributed by atoms with Gasteiger partial charge in [-0.1, -0.05) is 152 Å². The molecular formula is C82H86N4O6S3. The van der Waals surface area contributed by atoms with E-state index in [9.17, 15) is 14.4 Å². The summed E-state index contributed by atoms with van der Waals surface area (Å²) in [5.74, 6) is 2.42. The Kier molecular flexibility index (Phi) is 23.2. The Labute approximate surface area is 574 Å². The molecule has 6 unspecified atom stereocenters. The molecule has 10 nitrogen and oxygen atoms in total. The van der Waals surface area contributed by atoms with Crippen LogP contribution in [0.1, 0.15) is 123 Å². The number of Topliss-reactive ketones (excluding diaryl/α,β-unsaturated/α-hetero) is 3. The molecule has 0 saturated carbocycles. The van der Waals surface area contributed by atoms with Gasteiger partial charge in [0.05, 0.1) is 17.8 Å². The summed E-state index contributed by atoms with van der Waals surface area (Å²) in [5.41, 5.74) is 10.4. The number of nitrogens with zero attached hydrogens (tertiary/aromatic N) is 4. The second-order valence-corrected chi connectivity index (χ2v) is 29.0. The van der Waals surface area contributed by atoms with Gasteiger partial charge in [0.2, 0.25) is 0 Å². The van der Waals surface area contributed by atoms with E-state index in [1.807, 2.05) is 135 Å². The Morgan fingerprint density at radius 2 is 0.726 bits per heavy atom. The molecule has 5 aliphatic rings. The van der Waals surface area contributed by atoms with Crippen molar-refractivity contribution in [3.05, 3.63) is 286 Å². The van der Waals surface area contributed by atoms with Crippen molar-refractivity contribution >= 4 is 52.6 Å². The van der Waals surface area contributed by atoms with Gasteiger partial charge in [-0.3, -0.25) is 24.2 Å². The largest absolute Gasteiger partial charge is 0.492 e. The minimum atomic E-state index is -0.183. The van der Waals surface area contributed by atoms with Gasteiger partial charge in [-0.25, -0.2) is 0 Å². The molecule has 0 spiro atoms. The first kappa shape index (κ1) is 67.3. The Balaban J connectivity index is 0.000000137. The lowest BCUT2D eigenvalue weighted by atomic mass is 9.85. The van der Waals surface area contributed by atoms with Crippen LogP contribution in [0.15, 0.2) is 245 Å². The number of hydrogen-bond acceptors (Lipinski definition) is 13. The average molecular weight is 1320 g/mol. The smallest absolute Gasteiger partial charge is 0.171 e. The monoisotopic (exact) mass is 1320 g/mol. The van der Waals surface area contributed by atoms with Crippen molar-refractivity contribution in [3.63, 3.8) is 0 Å². The topological polar surface area (TPSA) is 91.9 Å². The minimum Gasteiger partial charge on any atom is -0.492 e. The molecule has 9 aromatic rings. The fourth-order valence-corrected chi connectivity index (χ4v) is 17.6. The summed E-state index contributed by atoms with van der Waals surface area (Å²) in [6.45, 7) is 13.6. The molecule has 0 aromatic heterocycles. The van der Waals surface area contributed by atoms with Crippen LogP contribution in [-0.4, -0.2) is 137 Å². The number of likely N-dealkylation sites (N-methyl/N-ethyl adjacent to an activating group) is 2. The lowest BCUT2D eigenvalue weighted by Gasteiger charge is -2.32. The lowest BCUT2D eigenvalue weighted by Crippen LogP contribution is -2.45. The van der Waals surface area contributed by atoms with Gasteiger partial charge in [-0.2, -0.15) is 0 Å². The second-order valence-electron chi connectivity index (χ2n) is 25.5. The number of likely N-dealkylation sites (tertiary alicyclic amines) is 1. The Bertz CT molecular complexity index is 3960. The highest BCUT2D eigenvalue weighted by Crippen LogP contribution is 2.58. The molecule has 0 aliphatic carbocycles. The molecule has 14 rings (SSSR count). The first-order chi connectivity index (χ1) is 46.5. The van der Waals surface area contributed by atoms with Gasteiger partial charge in [0.25, 0.3) is 0 Å². The first-order valence-electron chi connectivity index (χ1n) is 33.5. The highest BCUT2D eigenvalue weighted by molar-refractivity contribution is 8.00. The number of thioether (sulfide) groups is 3. The Hall–Kier alpha value is -7.72. The maximum absolute atomic E-state index is 13.7. The van der Waals surface area contributed by atoms with Crippen LogP contribution in [0.3, 0.4) is 0 Å². The molecule has 0 radical (unpaired) electrons. The molecule has 9 aromatic carbocycles. The van der Waals surface area contributed by atoms with Crippen LogP contribution in [0.2, 0.25) is 0 Å². The maximum Gasteiger partial charge on any atom is 0.171 e. The quantitative estimate of drug-likeness (QED) is 0.0640. The minimum absolute atomic E-state index is 0.0932. The number of ketones is 3. The van der Waals surface area contributed by atoms with Crippen LogP contribution in [0.5, 0.6) is 17.2 Å². The molecule has 2 fully saturated rings. The van der Waals surface area contributed by atoms with Gasteiger partial charge in [0.15, 0.2) is 17.3 Å². The molecule has 488 valence electrons.